The van der Waals surface area contributed by atoms with Crippen molar-refractivity contribution in [2.24, 2.45) is 5.73 Å². The minimum atomic E-state index is -0.546. The molecule has 42 heavy (non-hydrogen) atoms. The van der Waals surface area contributed by atoms with Crippen LogP contribution in [-0.2, 0) is 0 Å². The molecule has 9 heteroatoms. The first-order valence-corrected chi connectivity index (χ1v) is 15.1. The van der Waals surface area contributed by atoms with Gasteiger partial charge < -0.3 is 29.7 Å². The molecule has 1 unspecified atom stereocenters. The third-order valence-electron chi connectivity index (χ3n) is 9.65. The Morgan fingerprint density at radius 1 is 0.952 bits per heavy atom. The van der Waals surface area contributed by atoms with Crippen LogP contribution in [0.15, 0.2) is 53.5 Å². The summed E-state index contributed by atoms with van der Waals surface area (Å²) >= 11 is 0. The first-order chi connectivity index (χ1) is 20.5. The minimum absolute atomic E-state index is 0.0597. The fourth-order valence-corrected chi connectivity index (χ4v) is 7.44. The maximum atomic E-state index is 16.0. The van der Waals surface area contributed by atoms with Gasteiger partial charge >= 0.3 is 0 Å². The number of rotatable bonds is 3. The van der Waals surface area contributed by atoms with Gasteiger partial charge in [0.1, 0.15) is 16.8 Å². The van der Waals surface area contributed by atoms with Gasteiger partial charge in [-0.25, -0.2) is 4.39 Å². The van der Waals surface area contributed by atoms with E-state index >= 15 is 4.39 Å². The van der Waals surface area contributed by atoms with Crippen LogP contribution in [0.5, 0.6) is 11.5 Å². The Morgan fingerprint density at radius 3 is 2.40 bits per heavy atom. The molecule has 3 saturated heterocycles. The van der Waals surface area contributed by atoms with Crippen LogP contribution in [0.1, 0.15) is 42.5 Å². The summed E-state index contributed by atoms with van der Waals surface area (Å²) in [7, 11) is 0. The molecule has 8 rings (SSSR count). The zero-order valence-electron chi connectivity index (χ0n) is 23.5. The first-order valence-electron chi connectivity index (χ1n) is 15.1. The van der Waals surface area contributed by atoms with Gasteiger partial charge in [-0.3, -0.25) is 9.59 Å². The molecule has 4 aromatic rings. The summed E-state index contributed by atoms with van der Waals surface area (Å²) in [5.74, 6) is 0.00199. The van der Waals surface area contributed by atoms with Crippen LogP contribution in [0.2, 0.25) is 0 Å². The number of nitrogens with two attached hydrogens (primary N) is 1. The fourth-order valence-electron chi connectivity index (χ4n) is 7.44. The van der Waals surface area contributed by atoms with Crippen molar-refractivity contribution in [1.82, 2.24) is 14.4 Å². The van der Waals surface area contributed by atoms with Crippen LogP contribution in [0.25, 0.3) is 27.4 Å². The molecule has 0 radical (unpaired) electrons. The van der Waals surface area contributed by atoms with Gasteiger partial charge in [0.2, 0.25) is 5.43 Å². The van der Waals surface area contributed by atoms with E-state index in [-0.39, 0.29) is 22.9 Å². The second kappa shape index (κ2) is 9.81. The van der Waals surface area contributed by atoms with Gasteiger partial charge in [-0.2, -0.15) is 0 Å². The molecule has 3 fully saturated rings. The third-order valence-corrected chi connectivity index (χ3v) is 9.65. The molecular formula is C33H34FN5O3. The van der Waals surface area contributed by atoms with E-state index < -0.39 is 11.2 Å². The topological polar surface area (TPSA) is 84.0 Å². The summed E-state index contributed by atoms with van der Waals surface area (Å²) in [5.41, 5.74) is 7.28. The van der Waals surface area contributed by atoms with Crippen LogP contribution in [0, 0.1) is 5.82 Å². The highest BCUT2D eigenvalue weighted by Crippen LogP contribution is 2.48. The highest BCUT2D eigenvalue weighted by Gasteiger charge is 2.34. The van der Waals surface area contributed by atoms with E-state index in [2.05, 4.69) is 4.90 Å². The molecule has 4 aliphatic rings. The number of piperidine rings is 1. The molecule has 5 heterocycles. The smallest absolute Gasteiger partial charge is 0.259 e. The summed E-state index contributed by atoms with van der Waals surface area (Å²) in [6.07, 6.45) is 6.66. The number of ether oxygens (including phenoxy) is 1. The van der Waals surface area contributed by atoms with Crippen LogP contribution in [-0.4, -0.2) is 71.6 Å². The van der Waals surface area contributed by atoms with Crippen LogP contribution in [0.3, 0.4) is 0 Å². The number of fused-ring (bicyclic) bond motifs is 3. The number of amides is 1. The maximum absolute atomic E-state index is 16.0. The summed E-state index contributed by atoms with van der Waals surface area (Å²) in [6.45, 7) is 4.56. The molecule has 216 valence electrons. The number of carbonyl (C=O) groups is 1. The Balaban J connectivity index is 1.27. The van der Waals surface area contributed by atoms with E-state index in [9.17, 15) is 9.59 Å². The van der Waals surface area contributed by atoms with Crippen molar-refractivity contribution in [3.05, 3.63) is 70.3 Å². The molecule has 8 nitrogen and oxygen atoms in total. The molecule has 1 atom stereocenters. The normalized spacial score (nSPS) is 20.9. The van der Waals surface area contributed by atoms with E-state index in [1.807, 2.05) is 45.9 Å². The van der Waals surface area contributed by atoms with E-state index in [1.165, 1.54) is 18.9 Å². The highest BCUT2D eigenvalue weighted by atomic mass is 19.1. The van der Waals surface area contributed by atoms with Gasteiger partial charge in [0.15, 0.2) is 17.3 Å². The maximum Gasteiger partial charge on any atom is 0.259 e. The van der Waals surface area contributed by atoms with Crippen molar-refractivity contribution >= 4 is 33.3 Å². The zero-order valence-corrected chi connectivity index (χ0v) is 23.5. The SMILES string of the molecule is NC1CCN(c2c(F)cc3c(=O)c(C(=O)N4CCC(N5CCCC5)CC4)cn4c3c2Oc2cc3ccccc3cc2-4)C1. The summed E-state index contributed by atoms with van der Waals surface area (Å²) in [6, 6.07) is 13.6. The molecule has 0 aliphatic carbocycles. The van der Waals surface area contributed by atoms with E-state index in [4.69, 9.17) is 10.5 Å². The molecule has 1 amide bonds. The number of anilines is 1. The number of hydrogen-bond donors (Lipinski definition) is 1. The fraction of sp³-hybridized carbons (Fsp3) is 0.394. The van der Waals surface area contributed by atoms with E-state index in [0.717, 1.165) is 43.1 Å². The van der Waals surface area contributed by atoms with Crippen molar-refractivity contribution < 1.29 is 13.9 Å². The molecule has 0 saturated carbocycles. The standard InChI is InChI=1S/C33H34FN5O3/c34-26-17-24-29-32(30(26)38-12-7-22(35)18-38)42-28-16-21-6-2-1-5-20(21)15-27(28)39(29)19-25(31(24)40)33(41)37-13-8-23(9-14-37)36-10-3-4-11-36/h1-2,5-6,15-17,19,22-23H,3-4,7-14,18,35H2. The second-order valence-corrected chi connectivity index (χ2v) is 12.2. The predicted molar refractivity (Wildman–Crippen MR) is 162 cm³/mol. The van der Waals surface area contributed by atoms with E-state index in [0.29, 0.717) is 60.6 Å². The van der Waals surface area contributed by atoms with Gasteiger partial charge in [0.05, 0.1) is 11.1 Å². The summed E-state index contributed by atoms with van der Waals surface area (Å²) < 4.78 is 24.3. The number of likely N-dealkylation sites (tertiary alicyclic amines) is 2. The molecule has 0 bridgehead atoms. The lowest BCUT2D eigenvalue weighted by atomic mass is 10.0. The molecule has 4 aliphatic heterocycles. The Morgan fingerprint density at radius 2 is 1.69 bits per heavy atom. The summed E-state index contributed by atoms with van der Waals surface area (Å²) in [5, 5.41) is 2.13. The quantitative estimate of drug-likeness (QED) is 0.343. The lowest BCUT2D eigenvalue weighted by Gasteiger charge is -2.36. The van der Waals surface area contributed by atoms with Gasteiger partial charge in [0.25, 0.3) is 5.91 Å². The average Bonchev–Trinajstić information content (AvgIpc) is 3.70. The Kier molecular flexibility index (Phi) is 6.01. The molecular weight excluding hydrogens is 533 g/mol. The Bertz CT molecular complexity index is 1810. The lowest BCUT2D eigenvalue weighted by Crippen LogP contribution is -2.46. The number of halogens is 1. The number of aromatic nitrogens is 1. The van der Waals surface area contributed by atoms with Gasteiger partial charge in [0, 0.05) is 44.5 Å². The van der Waals surface area contributed by atoms with Crippen LogP contribution >= 0.6 is 0 Å². The first kappa shape index (κ1) is 25.7. The number of carbonyl (C=O) groups excluding carboxylic acids is 1. The van der Waals surface area contributed by atoms with Crippen molar-refractivity contribution in [2.45, 2.75) is 44.2 Å². The van der Waals surface area contributed by atoms with Gasteiger partial charge in [-0.15, -0.1) is 0 Å². The summed E-state index contributed by atoms with van der Waals surface area (Å²) in [4.78, 5) is 34.1. The number of benzene rings is 3. The second-order valence-electron chi connectivity index (χ2n) is 12.2. The number of pyridine rings is 1. The minimum Gasteiger partial charge on any atom is -0.451 e. The average molecular weight is 568 g/mol. The van der Waals surface area contributed by atoms with Crippen LogP contribution in [0.4, 0.5) is 10.1 Å². The Hall–Kier alpha value is -3.95. The lowest BCUT2D eigenvalue weighted by molar-refractivity contribution is 0.0643. The zero-order chi connectivity index (χ0) is 28.5. The number of hydrogen-bond acceptors (Lipinski definition) is 6. The van der Waals surface area contributed by atoms with Crippen molar-refractivity contribution in [1.29, 1.82) is 0 Å². The van der Waals surface area contributed by atoms with E-state index in [1.54, 1.807) is 11.1 Å². The van der Waals surface area contributed by atoms with Crippen molar-refractivity contribution in [3.8, 4) is 17.2 Å². The molecule has 2 N–H and O–H groups in total. The van der Waals surface area contributed by atoms with Gasteiger partial charge in [-0.05, 0) is 74.2 Å². The molecule has 3 aromatic carbocycles. The largest absolute Gasteiger partial charge is 0.451 e. The number of nitrogens with zero attached hydrogens (tertiary/aromatic N) is 4. The third kappa shape index (κ3) is 4.01. The van der Waals surface area contributed by atoms with Gasteiger partial charge in [-0.1, -0.05) is 24.3 Å². The van der Waals surface area contributed by atoms with Crippen LogP contribution < -0.4 is 20.8 Å². The monoisotopic (exact) mass is 567 g/mol. The van der Waals surface area contributed by atoms with Crippen molar-refractivity contribution in [3.63, 3.8) is 0 Å². The Labute approximate surface area is 243 Å². The van der Waals surface area contributed by atoms with Crippen molar-refractivity contribution in [2.75, 3.05) is 44.2 Å². The molecule has 1 aromatic heterocycles. The molecule has 0 spiro atoms. The predicted octanol–water partition coefficient (Wildman–Crippen LogP) is 4.63. The highest BCUT2D eigenvalue weighted by molar-refractivity contribution is 6.02.